The fraction of sp³-hybridized carbons (Fsp3) is 0.125. The Kier molecular flexibility index (Phi) is 4.70. The lowest BCUT2D eigenvalue weighted by molar-refractivity contribution is 0.0999. The summed E-state index contributed by atoms with van der Waals surface area (Å²) in [5, 5.41) is 2.30. The van der Waals surface area contributed by atoms with Crippen molar-refractivity contribution in [2.75, 3.05) is 0 Å². The summed E-state index contributed by atoms with van der Waals surface area (Å²) >= 11 is 0. The predicted molar refractivity (Wildman–Crippen MR) is 111 cm³/mol. The van der Waals surface area contributed by atoms with E-state index in [2.05, 4.69) is 34.9 Å². The Morgan fingerprint density at radius 2 is 1.75 bits per heavy atom. The molecule has 1 amide bonds. The van der Waals surface area contributed by atoms with Gasteiger partial charge in [-0.2, -0.15) is 0 Å². The summed E-state index contributed by atoms with van der Waals surface area (Å²) in [6.45, 7) is 2.53. The van der Waals surface area contributed by atoms with Crippen molar-refractivity contribution >= 4 is 16.7 Å². The first-order chi connectivity index (χ1) is 13.5. The van der Waals surface area contributed by atoms with Crippen molar-refractivity contribution < 1.29 is 9.18 Å². The molecule has 0 saturated heterocycles. The number of aromatic nitrogens is 1. The predicted octanol–water partition coefficient (Wildman–Crippen LogP) is 5.10. The second-order valence-electron chi connectivity index (χ2n) is 6.99. The molecule has 0 unspecified atom stereocenters. The van der Waals surface area contributed by atoms with Crippen LogP contribution < -0.4 is 5.73 Å². The molecule has 0 bridgehead atoms. The molecule has 4 rings (SSSR count). The summed E-state index contributed by atoms with van der Waals surface area (Å²) in [6.07, 6.45) is 0.659. The molecule has 0 aliphatic heterocycles. The molecule has 0 radical (unpaired) electrons. The maximum absolute atomic E-state index is 13.5. The van der Waals surface area contributed by atoms with E-state index in [9.17, 15) is 9.18 Å². The second kappa shape index (κ2) is 7.31. The van der Waals surface area contributed by atoms with Crippen molar-refractivity contribution in [3.63, 3.8) is 0 Å². The van der Waals surface area contributed by atoms with Crippen LogP contribution in [-0.2, 0) is 13.0 Å². The average molecular weight is 372 g/mol. The minimum absolute atomic E-state index is 0.241. The van der Waals surface area contributed by atoms with Crippen molar-refractivity contribution in [1.82, 2.24) is 4.57 Å². The maximum atomic E-state index is 13.5. The molecule has 3 nitrogen and oxygen atoms in total. The van der Waals surface area contributed by atoms with Crippen LogP contribution in [0.5, 0.6) is 0 Å². The number of aryl methyl sites for hydroxylation is 1. The summed E-state index contributed by atoms with van der Waals surface area (Å²) in [5.74, 6) is -0.682. The van der Waals surface area contributed by atoms with E-state index in [1.807, 2.05) is 31.2 Å². The first-order valence-corrected chi connectivity index (χ1v) is 9.26. The zero-order valence-electron chi connectivity index (χ0n) is 15.7. The summed E-state index contributed by atoms with van der Waals surface area (Å²) in [6, 6.07) is 22.9. The molecule has 4 heteroatoms. The number of fused-ring (bicyclic) bond motifs is 1. The van der Waals surface area contributed by atoms with E-state index < -0.39 is 5.91 Å². The number of carbonyl (C=O) groups is 1. The smallest absolute Gasteiger partial charge is 0.250 e. The Morgan fingerprint density at radius 3 is 2.50 bits per heavy atom. The van der Waals surface area contributed by atoms with Crippen molar-refractivity contribution in [2.45, 2.75) is 19.9 Å². The van der Waals surface area contributed by atoms with Crippen molar-refractivity contribution in [2.24, 2.45) is 5.73 Å². The third kappa shape index (κ3) is 3.41. The molecule has 0 aliphatic rings. The number of nitrogens with zero attached hydrogens (tertiary/aromatic N) is 1. The molecular weight excluding hydrogens is 351 g/mol. The number of nitrogens with two attached hydrogens (primary N) is 1. The Bertz CT molecular complexity index is 1180. The van der Waals surface area contributed by atoms with Gasteiger partial charge in [0.15, 0.2) is 0 Å². The molecule has 0 atom stereocenters. The number of carbonyl (C=O) groups excluding carboxylic acids is 1. The maximum Gasteiger partial charge on any atom is 0.250 e. The number of halogens is 1. The quantitative estimate of drug-likeness (QED) is 0.521. The van der Waals surface area contributed by atoms with Gasteiger partial charge in [0.05, 0.1) is 5.56 Å². The van der Waals surface area contributed by atoms with E-state index in [0.29, 0.717) is 18.5 Å². The lowest BCUT2D eigenvalue weighted by Gasteiger charge is -2.13. The van der Waals surface area contributed by atoms with Gasteiger partial charge in [-0.3, -0.25) is 4.79 Å². The first-order valence-electron chi connectivity index (χ1n) is 9.26. The largest absolute Gasteiger partial charge is 0.366 e. The van der Waals surface area contributed by atoms with Crippen LogP contribution in [-0.4, -0.2) is 10.5 Å². The summed E-state index contributed by atoms with van der Waals surface area (Å²) in [5.41, 5.74) is 9.81. The van der Waals surface area contributed by atoms with Crippen LogP contribution in [0.25, 0.3) is 22.0 Å². The summed E-state index contributed by atoms with van der Waals surface area (Å²) in [4.78, 5) is 11.9. The fourth-order valence-electron chi connectivity index (χ4n) is 3.70. The lowest BCUT2D eigenvalue weighted by Crippen LogP contribution is -2.13. The minimum atomic E-state index is -0.441. The van der Waals surface area contributed by atoms with Gasteiger partial charge in [-0.15, -0.1) is 0 Å². The summed E-state index contributed by atoms with van der Waals surface area (Å²) < 4.78 is 15.6. The first kappa shape index (κ1) is 18.0. The fourth-order valence-corrected chi connectivity index (χ4v) is 3.70. The van der Waals surface area contributed by atoms with Gasteiger partial charge in [-0.05, 0) is 59.5 Å². The van der Waals surface area contributed by atoms with E-state index in [4.69, 9.17) is 5.73 Å². The zero-order valence-corrected chi connectivity index (χ0v) is 15.7. The molecule has 0 aliphatic carbocycles. The molecule has 0 spiro atoms. The highest BCUT2D eigenvalue weighted by atomic mass is 19.1. The molecule has 1 heterocycles. The van der Waals surface area contributed by atoms with Gasteiger partial charge in [0.25, 0.3) is 5.91 Å². The van der Waals surface area contributed by atoms with E-state index in [1.165, 1.54) is 6.07 Å². The zero-order chi connectivity index (χ0) is 19.7. The number of hydrogen-bond donors (Lipinski definition) is 1. The molecule has 1 aromatic heterocycles. The van der Waals surface area contributed by atoms with Crippen LogP contribution in [0.2, 0.25) is 0 Å². The molecule has 28 heavy (non-hydrogen) atoms. The van der Waals surface area contributed by atoms with Gasteiger partial charge < -0.3 is 10.3 Å². The van der Waals surface area contributed by atoms with Gasteiger partial charge >= 0.3 is 0 Å². The molecule has 0 saturated carbocycles. The highest BCUT2D eigenvalue weighted by molar-refractivity contribution is 5.96. The standard InChI is InChI=1S/C24H21FN2O/c1-16-22(24(26)28)15-23(20-10-9-18-6-2-3-7-19(18)14-20)27(16)12-11-17-5-4-8-21(25)13-17/h2-10,13-15H,11-12H2,1H3,(H2,26,28). The van der Waals surface area contributed by atoms with Crippen LogP contribution in [0.4, 0.5) is 4.39 Å². The highest BCUT2D eigenvalue weighted by Gasteiger charge is 2.17. The van der Waals surface area contributed by atoms with E-state index >= 15 is 0 Å². The number of primary amides is 1. The number of rotatable bonds is 5. The van der Waals surface area contributed by atoms with E-state index in [1.54, 1.807) is 12.1 Å². The second-order valence-corrected chi connectivity index (χ2v) is 6.99. The summed E-state index contributed by atoms with van der Waals surface area (Å²) in [7, 11) is 0. The molecule has 140 valence electrons. The highest BCUT2D eigenvalue weighted by Crippen LogP contribution is 2.29. The Labute approximate surface area is 163 Å². The molecular formula is C24H21FN2O. The average Bonchev–Trinajstić information content (AvgIpc) is 3.02. The van der Waals surface area contributed by atoms with Gasteiger partial charge in [-0.25, -0.2) is 4.39 Å². The molecule has 4 aromatic rings. The SMILES string of the molecule is Cc1c(C(N)=O)cc(-c2ccc3ccccc3c2)n1CCc1cccc(F)c1. The number of amides is 1. The molecule has 3 aromatic carbocycles. The van der Waals surface area contributed by atoms with Crippen molar-refractivity contribution in [3.05, 3.63) is 95.4 Å². The van der Waals surface area contributed by atoms with Crippen LogP contribution in [0.1, 0.15) is 21.6 Å². The third-order valence-corrected chi connectivity index (χ3v) is 5.19. The van der Waals surface area contributed by atoms with E-state index in [-0.39, 0.29) is 5.82 Å². The van der Waals surface area contributed by atoms with E-state index in [0.717, 1.165) is 33.3 Å². The van der Waals surface area contributed by atoms with Crippen LogP contribution >= 0.6 is 0 Å². The Morgan fingerprint density at radius 1 is 0.964 bits per heavy atom. The molecule has 2 N–H and O–H groups in total. The minimum Gasteiger partial charge on any atom is -0.366 e. The van der Waals surface area contributed by atoms with Gasteiger partial charge in [0.1, 0.15) is 5.82 Å². The van der Waals surface area contributed by atoms with Crippen molar-refractivity contribution in [1.29, 1.82) is 0 Å². The van der Waals surface area contributed by atoms with Gasteiger partial charge in [0.2, 0.25) is 0 Å². The molecule has 0 fully saturated rings. The normalized spacial score (nSPS) is 11.1. The Hall–Kier alpha value is -3.40. The number of hydrogen-bond acceptors (Lipinski definition) is 1. The van der Waals surface area contributed by atoms with Crippen LogP contribution in [0.3, 0.4) is 0 Å². The van der Waals surface area contributed by atoms with Gasteiger partial charge in [-0.1, -0.05) is 48.5 Å². The third-order valence-electron chi connectivity index (χ3n) is 5.19. The lowest BCUT2D eigenvalue weighted by atomic mass is 10.0. The van der Waals surface area contributed by atoms with Crippen molar-refractivity contribution in [3.8, 4) is 11.3 Å². The van der Waals surface area contributed by atoms with Gasteiger partial charge in [0, 0.05) is 17.9 Å². The number of benzene rings is 3. The monoisotopic (exact) mass is 372 g/mol. The Balaban J connectivity index is 1.76. The van der Waals surface area contributed by atoms with Crippen LogP contribution in [0.15, 0.2) is 72.8 Å². The topological polar surface area (TPSA) is 48.0 Å². The van der Waals surface area contributed by atoms with Crippen LogP contribution in [0, 0.1) is 12.7 Å².